The number of azide groups is 1. The first-order chi connectivity index (χ1) is 9.58. The highest BCUT2D eigenvalue weighted by atomic mass is 16.2. The molecule has 20 heavy (non-hydrogen) atoms. The van der Waals surface area contributed by atoms with Gasteiger partial charge in [0.1, 0.15) is 0 Å². The Balaban J connectivity index is 1.94. The Morgan fingerprint density at radius 1 is 1.30 bits per heavy atom. The molecule has 0 aliphatic carbocycles. The number of hydrogen-bond donors (Lipinski definition) is 1. The maximum atomic E-state index is 12.2. The number of aryl methyl sites for hydroxylation is 2. The van der Waals surface area contributed by atoms with Gasteiger partial charge in [0.25, 0.3) is 0 Å². The summed E-state index contributed by atoms with van der Waals surface area (Å²) in [5.74, 6) is 0. The van der Waals surface area contributed by atoms with Crippen LogP contribution in [0.4, 0.5) is 10.5 Å². The van der Waals surface area contributed by atoms with Gasteiger partial charge in [0.2, 0.25) is 0 Å². The number of nitrogens with zero attached hydrogens (tertiary/aromatic N) is 4. The Kier molecular flexibility index (Phi) is 4.48. The minimum Gasteiger partial charge on any atom is -0.325 e. The average Bonchev–Trinajstić information content (AvgIpc) is 2.38. The highest BCUT2D eigenvalue weighted by molar-refractivity contribution is 5.89. The summed E-state index contributed by atoms with van der Waals surface area (Å²) >= 11 is 0. The molecule has 0 aromatic heterocycles. The Morgan fingerprint density at radius 3 is 2.45 bits per heavy atom. The van der Waals surface area contributed by atoms with Crippen molar-refractivity contribution in [1.82, 2.24) is 4.90 Å². The fourth-order valence-corrected chi connectivity index (χ4v) is 2.51. The monoisotopic (exact) mass is 273 g/mol. The van der Waals surface area contributed by atoms with Crippen LogP contribution in [0.5, 0.6) is 0 Å². The summed E-state index contributed by atoms with van der Waals surface area (Å²) in [6.07, 6.45) is 1.45. The third kappa shape index (κ3) is 3.65. The number of likely N-dealkylation sites (tertiary alicyclic amines) is 1. The van der Waals surface area contributed by atoms with Crippen LogP contribution in [0.2, 0.25) is 0 Å². The van der Waals surface area contributed by atoms with Gasteiger partial charge in [0, 0.05) is 29.7 Å². The smallest absolute Gasteiger partial charge is 0.321 e. The quantitative estimate of drug-likeness (QED) is 0.498. The molecular weight excluding hydrogens is 254 g/mol. The van der Waals surface area contributed by atoms with E-state index in [-0.39, 0.29) is 12.1 Å². The first-order valence-electron chi connectivity index (χ1n) is 6.77. The molecule has 0 atom stereocenters. The van der Waals surface area contributed by atoms with Crippen LogP contribution in [-0.2, 0) is 0 Å². The second kappa shape index (κ2) is 6.30. The van der Waals surface area contributed by atoms with Crippen molar-refractivity contribution in [3.63, 3.8) is 0 Å². The Morgan fingerprint density at radius 2 is 1.90 bits per heavy atom. The van der Waals surface area contributed by atoms with Gasteiger partial charge in [0.05, 0.1) is 0 Å². The van der Waals surface area contributed by atoms with Crippen molar-refractivity contribution in [3.05, 3.63) is 39.8 Å². The number of rotatable bonds is 2. The second-order valence-corrected chi connectivity index (χ2v) is 5.23. The SMILES string of the molecule is Cc1cc(C)cc(NC(=O)N2CCC(N=[N+]=[N-])CC2)c1. The van der Waals surface area contributed by atoms with Crippen molar-refractivity contribution < 1.29 is 4.79 Å². The van der Waals surface area contributed by atoms with Crippen molar-refractivity contribution in [2.45, 2.75) is 32.7 Å². The van der Waals surface area contributed by atoms with Gasteiger partial charge in [-0.15, -0.1) is 0 Å². The van der Waals surface area contributed by atoms with Crippen LogP contribution in [-0.4, -0.2) is 30.1 Å². The van der Waals surface area contributed by atoms with Gasteiger partial charge in [-0.2, -0.15) is 0 Å². The number of anilines is 1. The van der Waals surface area contributed by atoms with Crippen LogP contribution < -0.4 is 5.32 Å². The number of hydrogen-bond acceptors (Lipinski definition) is 2. The van der Waals surface area contributed by atoms with Crippen LogP contribution >= 0.6 is 0 Å². The van der Waals surface area contributed by atoms with E-state index in [9.17, 15) is 4.79 Å². The lowest BCUT2D eigenvalue weighted by molar-refractivity contribution is 0.195. The molecule has 0 unspecified atom stereocenters. The molecule has 0 radical (unpaired) electrons. The van der Waals surface area contributed by atoms with Gasteiger partial charge < -0.3 is 10.2 Å². The molecule has 6 heteroatoms. The molecule has 2 rings (SSSR count). The number of piperidine rings is 1. The maximum absolute atomic E-state index is 12.2. The predicted octanol–water partition coefficient (Wildman–Crippen LogP) is 3.61. The number of benzene rings is 1. The van der Waals surface area contributed by atoms with E-state index in [2.05, 4.69) is 21.4 Å². The maximum Gasteiger partial charge on any atom is 0.321 e. The normalized spacial score (nSPS) is 15.6. The molecule has 6 nitrogen and oxygen atoms in total. The third-order valence-corrected chi connectivity index (χ3v) is 3.44. The average molecular weight is 273 g/mol. The van der Waals surface area contributed by atoms with E-state index in [0.29, 0.717) is 13.1 Å². The van der Waals surface area contributed by atoms with Gasteiger partial charge in [-0.3, -0.25) is 0 Å². The van der Waals surface area contributed by atoms with Gasteiger partial charge in [-0.05, 0) is 55.5 Å². The van der Waals surface area contributed by atoms with Crippen LogP contribution in [0.3, 0.4) is 0 Å². The number of carbonyl (C=O) groups is 1. The topological polar surface area (TPSA) is 81.1 Å². The van der Waals surface area contributed by atoms with Crippen LogP contribution in [0.15, 0.2) is 23.3 Å². The van der Waals surface area contributed by atoms with Crippen LogP contribution in [0.25, 0.3) is 10.4 Å². The first kappa shape index (κ1) is 14.2. The lowest BCUT2D eigenvalue weighted by Gasteiger charge is -2.30. The molecule has 1 heterocycles. The fraction of sp³-hybridized carbons (Fsp3) is 0.500. The molecule has 0 spiro atoms. The molecule has 1 aliphatic rings. The van der Waals surface area contributed by atoms with Crippen LogP contribution in [0.1, 0.15) is 24.0 Å². The molecule has 106 valence electrons. The summed E-state index contributed by atoms with van der Waals surface area (Å²) in [4.78, 5) is 16.8. The molecule has 1 N–H and O–H groups in total. The molecule has 0 saturated carbocycles. The minimum atomic E-state index is -0.0885. The summed E-state index contributed by atoms with van der Waals surface area (Å²) in [7, 11) is 0. The Hall–Kier alpha value is -2.20. The lowest BCUT2D eigenvalue weighted by Crippen LogP contribution is -2.41. The number of amides is 2. The summed E-state index contributed by atoms with van der Waals surface area (Å²) in [5, 5.41) is 6.63. The van der Waals surface area contributed by atoms with Crippen molar-refractivity contribution in [1.29, 1.82) is 0 Å². The van der Waals surface area contributed by atoms with Crippen molar-refractivity contribution >= 4 is 11.7 Å². The number of nitrogens with one attached hydrogen (secondary N) is 1. The zero-order chi connectivity index (χ0) is 14.5. The van der Waals surface area contributed by atoms with Crippen molar-refractivity contribution in [2.75, 3.05) is 18.4 Å². The molecule has 1 saturated heterocycles. The third-order valence-electron chi connectivity index (χ3n) is 3.44. The molecule has 2 amide bonds. The predicted molar refractivity (Wildman–Crippen MR) is 78.7 cm³/mol. The van der Waals surface area contributed by atoms with Gasteiger partial charge in [-0.1, -0.05) is 11.2 Å². The highest BCUT2D eigenvalue weighted by Crippen LogP contribution is 2.17. The van der Waals surface area contributed by atoms with E-state index in [4.69, 9.17) is 5.53 Å². The summed E-state index contributed by atoms with van der Waals surface area (Å²) < 4.78 is 0. The molecular formula is C14H19N5O. The van der Waals surface area contributed by atoms with E-state index < -0.39 is 0 Å². The standard InChI is InChI=1S/C14H19N5O/c1-10-7-11(2)9-13(8-10)16-14(20)19-5-3-12(4-6-19)17-18-15/h7-9,12H,3-6H2,1-2H3,(H,16,20). The molecule has 1 aromatic rings. The molecule has 0 bridgehead atoms. The first-order valence-corrected chi connectivity index (χ1v) is 6.77. The Labute approximate surface area is 118 Å². The van der Waals surface area contributed by atoms with E-state index in [1.54, 1.807) is 4.90 Å². The summed E-state index contributed by atoms with van der Waals surface area (Å²) in [6, 6.07) is 5.91. The van der Waals surface area contributed by atoms with Crippen molar-refractivity contribution in [2.24, 2.45) is 5.11 Å². The minimum absolute atomic E-state index is 0.0188. The van der Waals surface area contributed by atoms with Gasteiger partial charge >= 0.3 is 6.03 Å². The molecule has 1 aliphatic heterocycles. The van der Waals surface area contributed by atoms with Gasteiger partial charge in [-0.25, -0.2) is 4.79 Å². The van der Waals surface area contributed by atoms with Crippen LogP contribution in [0, 0.1) is 13.8 Å². The molecule has 1 aromatic carbocycles. The number of carbonyl (C=O) groups excluding carboxylic acids is 1. The Bertz CT molecular complexity index is 522. The summed E-state index contributed by atoms with van der Waals surface area (Å²) in [5.41, 5.74) is 11.5. The summed E-state index contributed by atoms with van der Waals surface area (Å²) in [6.45, 7) is 5.27. The second-order valence-electron chi connectivity index (χ2n) is 5.23. The lowest BCUT2D eigenvalue weighted by atomic mass is 10.1. The largest absolute Gasteiger partial charge is 0.325 e. The molecule has 1 fully saturated rings. The van der Waals surface area contributed by atoms with E-state index in [1.807, 2.05) is 26.0 Å². The van der Waals surface area contributed by atoms with E-state index in [0.717, 1.165) is 29.7 Å². The van der Waals surface area contributed by atoms with Gasteiger partial charge in [0.15, 0.2) is 0 Å². The van der Waals surface area contributed by atoms with E-state index in [1.165, 1.54) is 0 Å². The highest BCUT2D eigenvalue weighted by Gasteiger charge is 2.21. The van der Waals surface area contributed by atoms with E-state index >= 15 is 0 Å². The zero-order valence-electron chi connectivity index (χ0n) is 11.8. The number of urea groups is 1. The van der Waals surface area contributed by atoms with Crippen molar-refractivity contribution in [3.8, 4) is 0 Å². The fourth-order valence-electron chi connectivity index (χ4n) is 2.51. The zero-order valence-corrected chi connectivity index (χ0v) is 11.8.